The van der Waals surface area contributed by atoms with Crippen LogP contribution in [0, 0.1) is 10.1 Å². The maximum atomic E-state index is 12.0. The molecule has 0 atom stereocenters. The summed E-state index contributed by atoms with van der Waals surface area (Å²) in [7, 11) is 0. The second-order valence-corrected chi connectivity index (χ2v) is 6.22. The third-order valence-electron chi connectivity index (χ3n) is 4.33. The molecular formula is C16H21N3O3. The first kappa shape index (κ1) is 14.8. The standard InChI is InChI=1S/C16H21N3O3/c20-16(18-13-7-8-13)11-6-9-14(15(10-11)19(21)22)17-12-4-2-1-3-5-12/h6,9-10,12-13,17H,1-5,7-8H2,(H,18,20). The summed E-state index contributed by atoms with van der Waals surface area (Å²) in [5.41, 5.74) is 0.849. The first-order valence-corrected chi connectivity index (χ1v) is 7.99. The van der Waals surface area contributed by atoms with Crippen LogP contribution in [0.25, 0.3) is 0 Å². The van der Waals surface area contributed by atoms with Crippen LogP contribution in [0.4, 0.5) is 11.4 Å². The van der Waals surface area contributed by atoms with E-state index in [1.165, 1.54) is 12.5 Å². The second kappa shape index (κ2) is 6.34. The summed E-state index contributed by atoms with van der Waals surface area (Å²) in [5, 5.41) is 17.4. The average Bonchev–Trinajstić information content (AvgIpc) is 3.32. The molecule has 2 saturated carbocycles. The van der Waals surface area contributed by atoms with Crippen LogP contribution < -0.4 is 10.6 Å². The third kappa shape index (κ3) is 3.55. The number of hydrogen-bond donors (Lipinski definition) is 2. The summed E-state index contributed by atoms with van der Waals surface area (Å²) in [6, 6.07) is 5.23. The smallest absolute Gasteiger partial charge is 0.293 e. The second-order valence-electron chi connectivity index (χ2n) is 6.22. The number of anilines is 1. The number of amides is 1. The minimum Gasteiger partial charge on any atom is -0.377 e. The van der Waals surface area contributed by atoms with Crippen molar-refractivity contribution in [2.45, 2.75) is 57.0 Å². The number of nitrogens with zero attached hydrogens (tertiary/aromatic N) is 1. The zero-order valence-corrected chi connectivity index (χ0v) is 12.5. The topological polar surface area (TPSA) is 84.3 Å². The quantitative estimate of drug-likeness (QED) is 0.646. The molecule has 2 aliphatic carbocycles. The van der Waals surface area contributed by atoms with E-state index < -0.39 is 4.92 Å². The van der Waals surface area contributed by atoms with Crippen molar-refractivity contribution in [3.05, 3.63) is 33.9 Å². The summed E-state index contributed by atoms with van der Waals surface area (Å²) < 4.78 is 0. The van der Waals surface area contributed by atoms with E-state index in [2.05, 4.69) is 10.6 Å². The molecule has 2 aliphatic rings. The van der Waals surface area contributed by atoms with Gasteiger partial charge in [0.15, 0.2) is 0 Å². The summed E-state index contributed by atoms with van der Waals surface area (Å²) in [6.45, 7) is 0. The maximum absolute atomic E-state index is 12.0. The molecule has 0 aliphatic heterocycles. The number of benzene rings is 1. The van der Waals surface area contributed by atoms with Crippen LogP contribution >= 0.6 is 0 Å². The maximum Gasteiger partial charge on any atom is 0.293 e. The molecular weight excluding hydrogens is 282 g/mol. The van der Waals surface area contributed by atoms with E-state index in [1.54, 1.807) is 12.1 Å². The van der Waals surface area contributed by atoms with Crippen LogP contribution in [0.1, 0.15) is 55.3 Å². The first-order chi connectivity index (χ1) is 10.6. The molecule has 0 radical (unpaired) electrons. The number of nitro benzene ring substituents is 1. The summed E-state index contributed by atoms with van der Waals surface area (Å²) in [6.07, 6.45) is 7.63. The van der Waals surface area contributed by atoms with Crippen LogP contribution in [-0.2, 0) is 0 Å². The fourth-order valence-electron chi connectivity index (χ4n) is 2.91. The zero-order valence-electron chi connectivity index (χ0n) is 12.5. The van der Waals surface area contributed by atoms with Crippen molar-refractivity contribution >= 4 is 17.3 Å². The molecule has 1 aromatic rings. The van der Waals surface area contributed by atoms with E-state index in [-0.39, 0.29) is 17.6 Å². The van der Waals surface area contributed by atoms with Gasteiger partial charge in [-0.1, -0.05) is 19.3 Å². The molecule has 1 aromatic carbocycles. The lowest BCUT2D eigenvalue weighted by molar-refractivity contribution is -0.384. The molecule has 6 heteroatoms. The molecule has 1 amide bonds. The predicted octanol–water partition coefficient (Wildman–Crippen LogP) is 3.23. The van der Waals surface area contributed by atoms with E-state index in [1.807, 2.05) is 0 Å². The van der Waals surface area contributed by atoms with Gasteiger partial charge in [0.1, 0.15) is 5.69 Å². The largest absolute Gasteiger partial charge is 0.377 e. The molecule has 3 rings (SSSR count). The van der Waals surface area contributed by atoms with Crippen molar-refractivity contribution in [1.29, 1.82) is 0 Å². The lowest BCUT2D eigenvalue weighted by Crippen LogP contribution is -2.26. The normalized spacial score (nSPS) is 18.7. The van der Waals surface area contributed by atoms with Gasteiger partial charge in [-0.25, -0.2) is 0 Å². The average molecular weight is 303 g/mol. The Labute approximate surface area is 129 Å². The first-order valence-electron chi connectivity index (χ1n) is 7.99. The Balaban J connectivity index is 1.76. The Kier molecular flexibility index (Phi) is 4.27. The highest BCUT2D eigenvalue weighted by atomic mass is 16.6. The molecule has 6 nitrogen and oxygen atoms in total. The highest BCUT2D eigenvalue weighted by Gasteiger charge is 2.26. The van der Waals surface area contributed by atoms with E-state index >= 15 is 0 Å². The Morgan fingerprint density at radius 2 is 1.82 bits per heavy atom. The molecule has 118 valence electrons. The number of carbonyl (C=O) groups is 1. The van der Waals surface area contributed by atoms with Gasteiger partial charge in [-0.3, -0.25) is 14.9 Å². The van der Waals surface area contributed by atoms with E-state index in [9.17, 15) is 14.9 Å². The van der Waals surface area contributed by atoms with Gasteiger partial charge in [-0.15, -0.1) is 0 Å². The lowest BCUT2D eigenvalue weighted by atomic mass is 9.95. The van der Waals surface area contributed by atoms with Crippen LogP contribution in [0.2, 0.25) is 0 Å². The Hall–Kier alpha value is -2.11. The monoisotopic (exact) mass is 303 g/mol. The molecule has 0 heterocycles. The van der Waals surface area contributed by atoms with Crippen molar-refractivity contribution in [2.75, 3.05) is 5.32 Å². The molecule has 0 saturated heterocycles. The Morgan fingerprint density at radius 1 is 1.09 bits per heavy atom. The van der Waals surface area contributed by atoms with Crippen LogP contribution in [0.15, 0.2) is 18.2 Å². The van der Waals surface area contributed by atoms with E-state index in [0.29, 0.717) is 17.3 Å². The highest BCUT2D eigenvalue weighted by Crippen LogP contribution is 2.29. The van der Waals surface area contributed by atoms with Gasteiger partial charge in [0.2, 0.25) is 0 Å². The van der Waals surface area contributed by atoms with Gasteiger partial charge in [0, 0.05) is 23.7 Å². The third-order valence-corrected chi connectivity index (χ3v) is 4.33. The van der Waals surface area contributed by atoms with Gasteiger partial charge >= 0.3 is 0 Å². The summed E-state index contributed by atoms with van der Waals surface area (Å²) >= 11 is 0. The van der Waals surface area contributed by atoms with Crippen molar-refractivity contribution < 1.29 is 9.72 Å². The van der Waals surface area contributed by atoms with Gasteiger partial charge in [0.25, 0.3) is 11.6 Å². The highest BCUT2D eigenvalue weighted by molar-refractivity contribution is 5.96. The van der Waals surface area contributed by atoms with Gasteiger partial charge in [0.05, 0.1) is 4.92 Å². The molecule has 0 aromatic heterocycles. The van der Waals surface area contributed by atoms with Crippen molar-refractivity contribution in [2.24, 2.45) is 0 Å². The van der Waals surface area contributed by atoms with Crippen molar-refractivity contribution in [3.63, 3.8) is 0 Å². The summed E-state index contributed by atoms with van der Waals surface area (Å²) in [4.78, 5) is 22.9. The fourth-order valence-corrected chi connectivity index (χ4v) is 2.91. The molecule has 0 bridgehead atoms. The number of carbonyl (C=O) groups excluding carboxylic acids is 1. The Morgan fingerprint density at radius 3 is 2.45 bits per heavy atom. The minimum absolute atomic E-state index is 0.0194. The summed E-state index contributed by atoms with van der Waals surface area (Å²) in [5.74, 6) is -0.227. The van der Waals surface area contributed by atoms with Crippen molar-refractivity contribution in [3.8, 4) is 0 Å². The number of nitro groups is 1. The molecule has 2 fully saturated rings. The molecule has 0 unspecified atom stereocenters. The van der Waals surface area contributed by atoms with Gasteiger partial charge in [-0.05, 0) is 37.8 Å². The minimum atomic E-state index is -0.418. The molecule has 0 spiro atoms. The van der Waals surface area contributed by atoms with Gasteiger partial charge < -0.3 is 10.6 Å². The predicted molar refractivity (Wildman–Crippen MR) is 84.1 cm³/mol. The fraction of sp³-hybridized carbons (Fsp3) is 0.562. The number of rotatable bonds is 5. The Bertz CT molecular complexity index is 578. The van der Waals surface area contributed by atoms with E-state index in [4.69, 9.17) is 0 Å². The number of hydrogen-bond acceptors (Lipinski definition) is 4. The van der Waals surface area contributed by atoms with Crippen molar-refractivity contribution in [1.82, 2.24) is 5.32 Å². The zero-order chi connectivity index (χ0) is 15.5. The molecule has 22 heavy (non-hydrogen) atoms. The van der Waals surface area contributed by atoms with Crippen LogP contribution in [0.5, 0.6) is 0 Å². The van der Waals surface area contributed by atoms with Crippen LogP contribution in [-0.4, -0.2) is 22.9 Å². The van der Waals surface area contributed by atoms with E-state index in [0.717, 1.165) is 38.5 Å². The lowest BCUT2D eigenvalue weighted by Gasteiger charge is -2.23. The number of nitrogens with one attached hydrogen (secondary N) is 2. The molecule has 2 N–H and O–H groups in total. The SMILES string of the molecule is O=C(NC1CC1)c1ccc(NC2CCCCC2)c([N+](=O)[O-])c1. The van der Waals surface area contributed by atoms with Crippen LogP contribution in [0.3, 0.4) is 0 Å². The van der Waals surface area contributed by atoms with Gasteiger partial charge in [-0.2, -0.15) is 0 Å².